The Hall–Kier alpha value is -3.08. The minimum absolute atomic E-state index is 0.274. The first kappa shape index (κ1) is 15.8. The van der Waals surface area contributed by atoms with Crippen LogP contribution in [-0.2, 0) is 18.4 Å². The zero-order valence-electron chi connectivity index (χ0n) is 13.6. The van der Waals surface area contributed by atoms with Crippen LogP contribution >= 0.6 is 0 Å². The number of esters is 1. The van der Waals surface area contributed by atoms with E-state index in [2.05, 4.69) is 5.10 Å². The maximum atomic E-state index is 12.0. The number of rotatable bonds is 5. The van der Waals surface area contributed by atoms with Crippen LogP contribution in [0.2, 0.25) is 0 Å². The summed E-state index contributed by atoms with van der Waals surface area (Å²) in [4.78, 5) is 12.0. The van der Waals surface area contributed by atoms with Crippen LogP contribution < -0.4 is 4.74 Å². The molecule has 0 spiro atoms. The Balaban J connectivity index is 1.94. The third-order valence-corrected chi connectivity index (χ3v) is 3.62. The molecule has 122 valence electrons. The summed E-state index contributed by atoms with van der Waals surface area (Å²) in [6.45, 7) is 0.450. The predicted octanol–water partition coefficient (Wildman–Crippen LogP) is 3.45. The Morgan fingerprint density at radius 1 is 1.04 bits per heavy atom. The second-order valence-electron chi connectivity index (χ2n) is 5.33. The zero-order chi connectivity index (χ0) is 16.9. The lowest BCUT2D eigenvalue weighted by atomic mass is 10.1. The van der Waals surface area contributed by atoms with Crippen molar-refractivity contribution in [3.63, 3.8) is 0 Å². The molecule has 3 aromatic rings. The van der Waals surface area contributed by atoms with Crippen LogP contribution in [0.1, 0.15) is 16.1 Å². The fourth-order valence-electron chi connectivity index (χ4n) is 2.48. The van der Waals surface area contributed by atoms with Crippen molar-refractivity contribution in [2.45, 2.75) is 6.61 Å². The molecule has 0 bridgehead atoms. The maximum Gasteiger partial charge on any atom is 0.359 e. The van der Waals surface area contributed by atoms with E-state index in [0.29, 0.717) is 17.9 Å². The van der Waals surface area contributed by atoms with Crippen LogP contribution in [0.5, 0.6) is 5.75 Å². The lowest BCUT2D eigenvalue weighted by Gasteiger charge is -2.11. The van der Waals surface area contributed by atoms with Crippen molar-refractivity contribution in [3.8, 4) is 16.9 Å². The maximum absolute atomic E-state index is 12.0. The number of methoxy groups -OCH3 is 1. The van der Waals surface area contributed by atoms with Crippen molar-refractivity contribution in [3.05, 3.63) is 72.1 Å². The number of aryl methyl sites for hydroxylation is 1. The molecular weight excluding hydrogens is 304 g/mol. The summed E-state index contributed by atoms with van der Waals surface area (Å²) in [7, 11) is 3.11. The monoisotopic (exact) mass is 322 g/mol. The zero-order valence-corrected chi connectivity index (χ0v) is 13.6. The Bertz CT molecular complexity index is 841. The standard InChI is InChI=1S/C19H18N2O3/c1-21-12-16(18(20-21)19(22)23-2)15-10-6-7-11-17(15)24-13-14-8-4-3-5-9-14/h3-12H,13H2,1-2H3. The molecule has 0 radical (unpaired) electrons. The van der Waals surface area contributed by atoms with Crippen molar-refractivity contribution in [2.75, 3.05) is 7.11 Å². The molecule has 3 rings (SSSR count). The van der Waals surface area contributed by atoms with Crippen LogP contribution in [0.4, 0.5) is 0 Å². The highest BCUT2D eigenvalue weighted by Crippen LogP contribution is 2.32. The van der Waals surface area contributed by atoms with Gasteiger partial charge < -0.3 is 9.47 Å². The van der Waals surface area contributed by atoms with E-state index in [-0.39, 0.29) is 5.69 Å². The van der Waals surface area contributed by atoms with Gasteiger partial charge in [-0.2, -0.15) is 5.10 Å². The molecular formula is C19H18N2O3. The Morgan fingerprint density at radius 2 is 1.75 bits per heavy atom. The highest BCUT2D eigenvalue weighted by atomic mass is 16.5. The molecule has 5 nitrogen and oxygen atoms in total. The van der Waals surface area contributed by atoms with E-state index in [1.807, 2.05) is 54.6 Å². The van der Waals surface area contributed by atoms with Crippen molar-refractivity contribution >= 4 is 5.97 Å². The Labute approximate surface area is 140 Å². The van der Waals surface area contributed by atoms with E-state index in [9.17, 15) is 4.79 Å². The number of carbonyl (C=O) groups is 1. The second-order valence-corrected chi connectivity index (χ2v) is 5.33. The molecule has 0 saturated heterocycles. The molecule has 1 aromatic heterocycles. The fraction of sp³-hybridized carbons (Fsp3) is 0.158. The van der Waals surface area contributed by atoms with Gasteiger partial charge in [0.25, 0.3) is 0 Å². The van der Waals surface area contributed by atoms with Gasteiger partial charge in [-0.1, -0.05) is 48.5 Å². The molecule has 0 aliphatic carbocycles. The third kappa shape index (κ3) is 3.30. The van der Waals surface area contributed by atoms with Gasteiger partial charge in [-0.05, 0) is 11.6 Å². The van der Waals surface area contributed by atoms with Crippen LogP contribution in [0.15, 0.2) is 60.8 Å². The third-order valence-electron chi connectivity index (χ3n) is 3.62. The highest BCUT2D eigenvalue weighted by Gasteiger charge is 2.20. The Morgan fingerprint density at radius 3 is 2.50 bits per heavy atom. The molecule has 0 atom stereocenters. The van der Waals surface area contributed by atoms with E-state index in [0.717, 1.165) is 11.1 Å². The number of para-hydroxylation sites is 1. The van der Waals surface area contributed by atoms with E-state index >= 15 is 0 Å². The molecule has 0 fully saturated rings. The van der Waals surface area contributed by atoms with Gasteiger partial charge in [0, 0.05) is 24.4 Å². The number of carbonyl (C=O) groups excluding carboxylic acids is 1. The van der Waals surface area contributed by atoms with Crippen LogP contribution in [0, 0.1) is 0 Å². The summed E-state index contributed by atoms with van der Waals surface area (Å²) in [6.07, 6.45) is 1.79. The van der Waals surface area contributed by atoms with Gasteiger partial charge in [0.2, 0.25) is 0 Å². The van der Waals surface area contributed by atoms with E-state index in [1.54, 1.807) is 17.9 Å². The highest BCUT2D eigenvalue weighted by molar-refractivity contribution is 5.96. The summed E-state index contributed by atoms with van der Waals surface area (Å²) in [5, 5.41) is 4.20. The lowest BCUT2D eigenvalue weighted by molar-refractivity contribution is 0.0594. The van der Waals surface area contributed by atoms with Crippen LogP contribution in [0.3, 0.4) is 0 Å². The molecule has 0 amide bonds. The van der Waals surface area contributed by atoms with Crippen molar-refractivity contribution in [1.82, 2.24) is 9.78 Å². The summed E-state index contributed by atoms with van der Waals surface area (Å²) < 4.78 is 12.4. The predicted molar refractivity (Wildman–Crippen MR) is 90.8 cm³/mol. The number of nitrogens with zero attached hydrogens (tertiary/aromatic N) is 2. The number of aromatic nitrogens is 2. The molecule has 0 aliphatic rings. The average Bonchev–Trinajstić information content (AvgIpc) is 3.02. The van der Waals surface area contributed by atoms with Crippen molar-refractivity contribution < 1.29 is 14.3 Å². The van der Waals surface area contributed by atoms with Gasteiger partial charge in [0.15, 0.2) is 5.69 Å². The number of hydrogen-bond acceptors (Lipinski definition) is 4. The number of ether oxygens (including phenoxy) is 2. The number of hydrogen-bond donors (Lipinski definition) is 0. The van der Waals surface area contributed by atoms with Gasteiger partial charge in [-0.15, -0.1) is 0 Å². The van der Waals surface area contributed by atoms with Gasteiger partial charge >= 0.3 is 5.97 Å². The molecule has 0 N–H and O–H groups in total. The summed E-state index contributed by atoms with van der Waals surface area (Å²) in [5.41, 5.74) is 2.84. The van der Waals surface area contributed by atoms with Crippen molar-refractivity contribution in [2.24, 2.45) is 7.05 Å². The summed E-state index contributed by atoms with van der Waals surface area (Å²) in [5.74, 6) is 0.225. The molecule has 5 heteroatoms. The van der Waals surface area contributed by atoms with Crippen LogP contribution in [-0.4, -0.2) is 22.9 Å². The Kier molecular flexibility index (Phi) is 4.61. The molecule has 1 heterocycles. The molecule has 0 unspecified atom stereocenters. The normalized spacial score (nSPS) is 10.4. The van der Waals surface area contributed by atoms with Gasteiger partial charge in [0.05, 0.1) is 7.11 Å². The first-order valence-corrected chi connectivity index (χ1v) is 7.57. The quantitative estimate of drug-likeness (QED) is 0.675. The van der Waals surface area contributed by atoms with E-state index in [4.69, 9.17) is 9.47 Å². The first-order valence-electron chi connectivity index (χ1n) is 7.57. The summed E-state index contributed by atoms with van der Waals surface area (Å²) in [6, 6.07) is 17.5. The first-order chi connectivity index (χ1) is 11.7. The topological polar surface area (TPSA) is 53.3 Å². The largest absolute Gasteiger partial charge is 0.488 e. The molecule has 2 aromatic carbocycles. The van der Waals surface area contributed by atoms with Crippen molar-refractivity contribution in [1.29, 1.82) is 0 Å². The minimum atomic E-state index is -0.469. The van der Waals surface area contributed by atoms with Gasteiger partial charge in [-0.3, -0.25) is 4.68 Å². The molecule has 0 aliphatic heterocycles. The molecule has 24 heavy (non-hydrogen) atoms. The van der Waals surface area contributed by atoms with Gasteiger partial charge in [0.1, 0.15) is 12.4 Å². The minimum Gasteiger partial charge on any atom is -0.488 e. The second kappa shape index (κ2) is 7.00. The lowest BCUT2D eigenvalue weighted by Crippen LogP contribution is -2.05. The van der Waals surface area contributed by atoms with Crippen LogP contribution in [0.25, 0.3) is 11.1 Å². The van der Waals surface area contributed by atoms with E-state index < -0.39 is 5.97 Å². The van der Waals surface area contributed by atoms with E-state index in [1.165, 1.54) is 7.11 Å². The average molecular weight is 322 g/mol. The fourth-order valence-corrected chi connectivity index (χ4v) is 2.48. The number of benzene rings is 2. The molecule has 0 saturated carbocycles. The van der Waals surface area contributed by atoms with Gasteiger partial charge in [-0.25, -0.2) is 4.79 Å². The smallest absolute Gasteiger partial charge is 0.359 e. The summed E-state index contributed by atoms with van der Waals surface area (Å²) >= 11 is 0. The SMILES string of the molecule is COC(=O)c1nn(C)cc1-c1ccccc1OCc1ccccc1.